The van der Waals surface area contributed by atoms with E-state index < -0.39 is 17.2 Å². The number of fused-ring (bicyclic) bond motifs is 1. The predicted octanol–water partition coefficient (Wildman–Crippen LogP) is 2.84. The maximum atomic E-state index is 13.7. The average molecular weight is 531 g/mol. The number of aromatic nitrogens is 2. The van der Waals surface area contributed by atoms with Crippen molar-refractivity contribution in [3.8, 4) is 11.5 Å². The predicted molar refractivity (Wildman–Crippen MR) is 149 cm³/mol. The molecule has 1 heterocycles. The van der Waals surface area contributed by atoms with Crippen molar-refractivity contribution in [1.29, 1.82) is 0 Å². The third-order valence-electron chi connectivity index (χ3n) is 6.61. The van der Waals surface area contributed by atoms with Crippen LogP contribution in [0.15, 0.2) is 64.2 Å². The second-order valence-electron chi connectivity index (χ2n) is 9.11. The Bertz CT molecular complexity index is 1690. The van der Waals surface area contributed by atoms with Crippen LogP contribution in [0, 0.1) is 13.8 Å². The van der Waals surface area contributed by atoms with E-state index in [4.69, 9.17) is 9.47 Å². The fourth-order valence-electron chi connectivity index (χ4n) is 4.29. The Morgan fingerprint density at radius 2 is 1.51 bits per heavy atom. The molecule has 10 nitrogen and oxygen atoms in total. The zero-order valence-corrected chi connectivity index (χ0v) is 22.5. The van der Waals surface area contributed by atoms with Gasteiger partial charge in [0.1, 0.15) is 6.54 Å². The van der Waals surface area contributed by atoms with E-state index in [-0.39, 0.29) is 29.9 Å². The lowest BCUT2D eigenvalue weighted by molar-refractivity contribution is -0.116. The van der Waals surface area contributed by atoms with Gasteiger partial charge in [0.25, 0.3) is 11.5 Å². The van der Waals surface area contributed by atoms with Crippen LogP contribution in [0.25, 0.3) is 10.9 Å². The number of rotatable bonds is 8. The Hall–Kier alpha value is -4.86. The molecular formula is C29H30N4O6. The highest BCUT2D eigenvalue weighted by Gasteiger charge is 2.19. The molecule has 0 aliphatic heterocycles. The van der Waals surface area contributed by atoms with E-state index in [1.165, 1.54) is 38.0 Å². The zero-order valence-electron chi connectivity index (χ0n) is 22.5. The normalized spacial score (nSPS) is 10.8. The van der Waals surface area contributed by atoms with Gasteiger partial charge in [-0.15, -0.1) is 0 Å². The van der Waals surface area contributed by atoms with Crippen LogP contribution in [-0.4, -0.2) is 42.2 Å². The summed E-state index contributed by atoms with van der Waals surface area (Å²) >= 11 is 0. The number of carbonyl (C=O) groups excluding carboxylic acids is 2. The molecule has 0 saturated heterocycles. The molecule has 39 heavy (non-hydrogen) atoms. The monoisotopic (exact) mass is 530 g/mol. The van der Waals surface area contributed by atoms with Crippen LogP contribution in [0.1, 0.15) is 27.0 Å². The summed E-state index contributed by atoms with van der Waals surface area (Å²) < 4.78 is 13.1. The van der Waals surface area contributed by atoms with E-state index in [1.54, 1.807) is 30.3 Å². The van der Waals surface area contributed by atoms with E-state index in [0.29, 0.717) is 28.3 Å². The second-order valence-corrected chi connectivity index (χ2v) is 9.11. The summed E-state index contributed by atoms with van der Waals surface area (Å²) in [6.45, 7) is 3.52. The summed E-state index contributed by atoms with van der Waals surface area (Å²) in [5.41, 5.74) is 2.82. The molecule has 202 valence electrons. The van der Waals surface area contributed by atoms with Crippen molar-refractivity contribution >= 4 is 28.4 Å². The second kappa shape index (κ2) is 11.3. The maximum Gasteiger partial charge on any atom is 0.332 e. The van der Waals surface area contributed by atoms with Gasteiger partial charge < -0.3 is 20.1 Å². The highest BCUT2D eigenvalue weighted by atomic mass is 16.5. The van der Waals surface area contributed by atoms with Crippen LogP contribution >= 0.6 is 0 Å². The number of amides is 2. The molecular weight excluding hydrogens is 500 g/mol. The SMILES string of the molecule is CNC(=O)c1ccc(Cn2c(=O)c3cc(OC)c(OC)cc3n(CC(=O)Nc3ccc(C)c(C)c3)c2=O)cc1. The van der Waals surface area contributed by atoms with E-state index in [2.05, 4.69) is 10.6 Å². The minimum Gasteiger partial charge on any atom is -0.493 e. The summed E-state index contributed by atoms with van der Waals surface area (Å²) in [6, 6.07) is 15.1. The molecule has 2 N–H and O–H groups in total. The van der Waals surface area contributed by atoms with Crippen molar-refractivity contribution in [1.82, 2.24) is 14.5 Å². The van der Waals surface area contributed by atoms with Crippen molar-refractivity contribution in [2.75, 3.05) is 26.6 Å². The molecule has 3 aromatic carbocycles. The molecule has 0 atom stereocenters. The Labute approximate surface area is 224 Å². The first-order chi connectivity index (χ1) is 18.7. The van der Waals surface area contributed by atoms with Gasteiger partial charge in [-0.2, -0.15) is 0 Å². The number of benzene rings is 3. The molecule has 0 fully saturated rings. The number of methoxy groups -OCH3 is 2. The molecule has 4 aromatic rings. The molecule has 0 aliphatic rings. The van der Waals surface area contributed by atoms with Crippen molar-refractivity contribution in [3.63, 3.8) is 0 Å². The summed E-state index contributed by atoms with van der Waals surface area (Å²) in [5.74, 6) is -0.0535. The van der Waals surface area contributed by atoms with Gasteiger partial charge in [-0.25, -0.2) is 4.79 Å². The topological polar surface area (TPSA) is 121 Å². The van der Waals surface area contributed by atoms with Crippen molar-refractivity contribution in [2.45, 2.75) is 26.9 Å². The third-order valence-corrected chi connectivity index (χ3v) is 6.61. The largest absolute Gasteiger partial charge is 0.493 e. The van der Waals surface area contributed by atoms with Crippen LogP contribution in [0.5, 0.6) is 11.5 Å². The zero-order chi connectivity index (χ0) is 28.3. The molecule has 0 unspecified atom stereocenters. The molecule has 2 amide bonds. The standard InChI is InChI=1S/C29H30N4O6/c1-17-6-11-21(12-18(17)2)31-26(34)16-32-23-14-25(39-5)24(38-4)13-22(23)28(36)33(29(32)37)15-19-7-9-20(10-8-19)27(35)30-3/h6-14H,15-16H2,1-5H3,(H,30,35)(H,31,34). The summed E-state index contributed by atoms with van der Waals surface area (Å²) in [4.78, 5) is 52.2. The minimum atomic E-state index is -0.662. The Balaban J connectivity index is 1.81. The average Bonchev–Trinajstić information content (AvgIpc) is 2.94. The molecule has 0 bridgehead atoms. The lowest BCUT2D eigenvalue weighted by atomic mass is 10.1. The number of nitrogens with zero attached hydrogens (tertiary/aromatic N) is 2. The number of aryl methyl sites for hydroxylation is 2. The van der Waals surface area contributed by atoms with Gasteiger partial charge in [-0.3, -0.25) is 23.5 Å². The fourth-order valence-corrected chi connectivity index (χ4v) is 4.29. The first kappa shape index (κ1) is 27.2. The Kier molecular flexibility index (Phi) is 7.85. The van der Waals surface area contributed by atoms with Crippen LogP contribution < -0.4 is 31.4 Å². The third kappa shape index (κ3) is 5.54. The lowest BCUT2D eigenvalue weighted by Gasteiger charge is -2.17. The van der Waals surface area contributed by atoms with Crippen LogP contribution in [0.2, 0.25) is 0 Å². The van der Waals surface area contributed by atoms with Gasteiger partial charge in [0, 0.05) is 24.4 Å². The van der Waals surface area contributed by atoms with Gasteiger partial charge in [-0.05, 0) is 60.9 Å². The van der Waals surface area contributed by atoms with Gasteiger partial charge in [0.05, 0.1) is 31.7 Å². The van der Waals surface area contributed by atoms with Gasteiger partial charge in [-0.1, -0.05) is 18.2 Å². The summed E-state index contributed by atoms with van der Waals surface area (Å²) in [5, 5.41) is 5.57. The van der Waals surface area contributed by atoms with Crippen molar-refractivity contribution in [3.05, 3.63) is 97.7 Å². The van der Waals surface area contributed by atoms with E-state index in [9.17, 15) is 19.2 Å². The van der Waals surface area contributed by atoms with Crippen LogP contribution in [-0.2, 0) is 17.9 Å². The molecule has 10 heteroatoms. The summed E-state index contributed by atoms with van der Waals surface area (Å²) in [6.07, 6.45) is 0. The highest BCUT2D eigenvalue weighted by molar-refractivity contribution is 5.94. The quantitative estimate of drug-likeness (QED) is 0.362. The molecule has 0 aliphatic carbocycles. The van der Waals surface area contributed by atoms with Crippen molar-refractivity contribution in [2.24, 2.45) is 0 Å². The van der Waals surface area contributed by atoms with Crippen molar-refractivity contribution < 1.29 is 19.1 Å². The summed E-state index contributed by atoms with van der Waals surface area (Å²) in [7, 11) is 4.43. The molecule has 1 aromatic heterocycles. The van der Waals surface area contributed by atoms with Crippen LogP contribution in [0.4, 0.5) is 5.69 Å². The Morgan fingerprint density at radius 3 is 2.13 bits per heavy atom. The molecule has 0 spiro atoms. The number of hydrogen-bond acceptors (Lipinski definition) is 6. The van der Waals surface area contributed by atoms with Crippen LogP contribution in [0.3, 0.4) is 0 Å². The highest BCUT2D eigenvalue weighted by Crippen LogP contribution is 2.30. The fraction of sp³-hybridized carbons (Fsp3) is 0.241. The smallest absolute Gasteiger partial charge is 0.332 e. The first-order valence-corrected chi connectivity index (χ1v) is 12.2. The number of hydrogen-bond donors (Lipinski definition) is 2. The van der Waals surface area contributed by atoms with Gasteiger partial charge in [0.15, 0.2) is 11.5 Å². The minimum absolute atomic E-state index is 0.0608. The maximum absolute atomic E-state index is 13.7. The number of ether oxygens (including phenoxy) is 2. The number of anilines is 1. The lowest BCUT2D eigenvalue weighted by Crippen LogP contribution is -2.42. The van der Waals surface area contributed by atoms with E-state index in [1.807, 2.05) is 26.0 Å². The number of carbonyl (C=O) groups is 2. The molecule has 4 rings (SSSR count). The van der Waals surface area contributed by atoms with E-state index in [0.717, 1.165) is 15.7 Å². The van der Waals surface area contributed by atoms with E-state index >= 15 is 0 Å². The molecule has 0 saturated carbocycles. The number of nitrogens with one attached hydrogen (secondary N) is 2. The Morgan fingerprint density at radius 1 is 0.846 bits per heavy atom. The van der Waals surface area contributed by atoms with Gasteiger partial charge >= 0.3 is 5.69 Å². The molecule has 0 radical (unpaired) electrons. The van der Waals surface area contributed by atoms with Gasteiger partial charge in [0.2, 0.25) is 5.91 Å². The first-order valence-electron chi connectivity index (χ1n) is 12.2.